The second-order valence-corrected chi connectivity index (χ2v) is 8.92. The number of allylic oxidation sites excluding steroid dienone is 3. The summed E-state index contributed by atoms with van der Waals surface area (Å²) in [4.78, 5) is 27.2. The maximum Gasteiger partial charge on any atom is 0.236 e. The first-order chi connectivity index (χ1) is 17.4. The average Bonchev–Trinajstić information content (AvgIpc) is 2.91. The summed E-state index contributed by atoms with van der Waals surface area (Å²) < 4.78 is 13.2. The minimum Gasteiger partial charge on any atom is -0.353 e. The zero-order valence-electron chi connectivity index (χ0n) is 21.7. The maximum atomic E-state index is 13.2. The first kappa shape index (κ1) is 27.1. The Balaban J connectivity index is 1.73. The molecule has 0 atom stereocenters. The fourth-order valence-electron chi connectivity index (χ4n) is 4.14. The number of nitrogens with two attached hydrogens (primary N) is 1. The van der Waals surface area contributed by atoms with Crippen LogP contribution in [0.4, 0.5) is 10.2 Å². The Morgan fingerprint density at radius 1 is 1.22 bits per heavy atom. The molecule has 0 bridgehead atoms. The van der Waals surface area contributed by atoms with Crippen molar-refractivity contribution < 1.29 is 9.18 Å². The van der Waals surface area contributed by atoms with Gasteiger partial charge in [0, 0.05) is 46.0 Å². The van der Waals surface area contributed by atoms with Crippen LogP contribution in [0, 0.1) is 5.82 Å². The van der Waals surface area contributed by atoms with Crippen molar-refractivity contribution in [2.75, 3.05) is 44.7 Å². The Morgan fingerprint density at radius 3 is 2.58 bits per heavy atom. The van der Waals surface area contributed by atoms with Crippen LogP contribution in [0.5, 0.6) is 0 Å². The third kappa shape index (κ3) is 7.01. The molecule has 1 saturated heterocycles. The molecule has 2 N–H and O–H groups in total. The summed E-state index contributed by atoms with van der Waals surface area (Å²) in [6.07, 6.45) is 6.15. The van der Waals surface area contributed by atoms with E-state index in [0.717, 1.165) is 60.9 Å². The highest BCUT2D eigenvalue weighted by molar-refractivity contribution is 6.10. The van der Waals surface area contributed by atoms with Gasteiger partial charge in [-0.3, -0.25) is 4.79 Å². The molecule has 7 nitrogen and oxygen atoms in total. The van der Waals surface area contributed by atoms with Gasteiger partial charge in [0.2, 0.25) is 5.91 Å². The zero-order chi connectivity index (χ0) is 26.1. The van der Waals surface area contributed by atoms with Crippen molar-refractivity contribution in [3.8, 4) is 0 Å². The van der Waals surface area contributed by atoms with E-state index < -0.39 is 0 Å². The summed E-state index contributed by atoms with van der Waals surface area (Å²) in [6, 6.07) is 11.3. The molecule has 0 radical (unpaired) electrons. The first-order valence-corrected chi connectivity index (χ1v) is 12.4. The van der Waals surface area contributed by atoms with Crippen LogP contribution >= 0.6 is 0 Å². The van der Waals surface area contributed by atoms with E-state index in [4.69, 9.17) is 10.7 Å². The van der Waals surface area contributed by atoms with Gasteiger partial charge in [-0.25, -0.2) is 14.4 Å². The molecule has 1 aromatic carbocycles. The number of halogens is 1. The van der Waals surface area contributed by atoms with Crippen LogP contribution in [-0.2, 0) is 11.3 Å². The SMILES string of the molecule is C\C=C(/C=N\C(=C(/C)CC)N1CCN(c2ccc(F)cn2)CC1)c1cccc(CN(C)C(=O)CN)c1. The largest absolute Gasteiger partial charge is 0.353 e. The van der Waals surface area contributed by atoms with Gasteiger partial charge in [0.15, 0.2) is 0 Å². The van der Waals surface area contributed by atoms with Gasteiger partial charge in [-0.1, -0.05) is 31.2 Å². The van der Waals surface area contributed by atoms with Gasteiger partial charge in [0.05, 0.1) is 12.7 Å². The van der Waals surface area contributed by atoms with E-state index in [2.05, 4.69) is 46.8 Å². The van der Waals surface area contributed by atoms with Crippen molar-refractivity contribution in [2.45, 2.75) is 33.7 Å². The number of anilines is 1. The molecule has 8 heteroatoms. The van der Waals surface area contributed by atoms with Crippen LogP contribution in [0.15, 0.2) is 65.1 Å². The summed E-state index contributed by atoms with van der Waals surface area (Å²) in [5, 5.41) is 0. The number of likely N-dealkylation sites (N-methyl/N-ethyl adjacent to an activating group) is 1. The van der Waals surface area contributed by atoms with Gasteiger partial charge in [0.25, 0.3) is 0 Å². The van der Waals surface area contributed by atoms with Crippen LogP contribution in [0.3, 0.4) is 0 Å². The number of carbonyl (C=O) groups excluding carboxylic acids is 1. The van der Waals surface area contributed by atoms with Crippen LogP contribution in [-0.4, -0.2) is 66.7 Å². The Kier molecular flexibility index (Phi) is 9.76. The third-order valence-electron chi connectivity index (χ3n) is 6.44. The molecule has 0 spiro atoms. The maximum absolute atomic E-state index is 13.2. The van der Waals surface area contributed by atoms with E-state index in [9.17, 15) is 9.18 Å². The molecule has 0 saturated carbocycles. The van der Waals surface area contributed by atoms with Crippen LogP contribution < -0.4 is 10.6 Å². The number of aliphatic imine (C=N–C) groups is 1. The lowest BCUT2D eigenvalue weighted by molar-refractivity contribution is -0.128. The molecule has 36 heavy (non-hydrogen) atoms. The van der Waals surface area contributed by atoms with E-state index >= 15 is 0 Å². The van der Waals surface area contributed by atoms with Gasteiger partial charge < -0.3 is 20.4 Å². The quantitative estimate of drug-likeness (QED) is 0.534. The number of benzene rings is 1. The molecule has 2 heterocycles. The summed E-state index contributed by atoms with van der Waals surface area (Å²) in [5.74, 6) is 1.38. The Morgan fingerprint density at radius 2 is 1.97 bits per heavy atom. The number of carbonyl (C=O) groups is 1. The molecule has 0 aliphatic carbocycles. The van der Waals surface area contributed by atoms with E-state index in [-0.39, 0.29) is 18.3 Å². The first-order valence-electron chi connectivity index (χ1n) is 12.4. The van der Waals surface area contributed by atoms with E-state index in [0.29, 0.717) is 6.54 Å². The number of hydrogen-bond donors (Lipinski definition) is 1. The summed E-state index contributed by atoms with van der Waals surface area (Å²) in [7, 11) is 1.76. The molecule has 1 aromatic heterocycles. The van der Waals surface area contributed by atoms with E-state index in [1.807, 2.05) is 25.3 Å². The molecule has 192 valence electrons. The van der Waals surface area contributed by atoms with Crippen molar-refractivity contribution in [2.24, 2.45) is 10.7 Å². The predicted molar refractivity (Wildman–Crippen MR) is 145 cm³/mol. The van der Waals surface area contributed by atoms with Gasteiger partial charge in [0.1, 0.15) is 17.5 Å². The second-order valence-electron chi connectivity index (χ2n) is 8.92. The fraction of sp³-hybridized carbons (Fsp3) is 0.393. The number of pyridine rings is 1. The normalized spacial score (nSPS) is 15.3. The Labute approximate surface area is 213 Å². The highest BCUT2D eigenvalue weighted by atomic mass is 19.1. The molecular weight excluding hydrogens is 455 g/mol. The number of aromatic nitrogens is 1. The number of hydrogen-bond acceptors (Lipinski definition) is 6. The van der Waals surface area contributed by atoms with Crippen molar-refractivity contribution in [1.29, 1.82) is 0 Å². The van der Waals surface area contributed by atoms with Crippen LogP contribution in [0.25, 0.3) is 5.57 Å². The molecule has 2 aromatic rings. The topological polar surface area (TPSA) is 78.1 Å². The predicted octanol–water partition coefficient (Wildman–Crippen LogP) is 4.08. The lowest BCUT2D eigenvalue weighted by Gasteiger charge is -2.37. The van der Waals surface area contributed by atoms with Gasteiger partial charge in [-0.05, 0) is 60.7 Å². The number of piperazine rings is 1. The second kappa shape index (κ2) is 13.0. The lowest BCUT2D eigenvalue weighted by Crippen LogP contribution is -2.46. The molecule has 1 fully saturated rings. The fourth-order valence-corrected chi connectivity index (χ4v) is 4.14. The van der Waals surface area contributed by atoms with Gasteiger partial charge in [-0.15, -0.1) is 0 Å². The van der Waals surface area contributed by atoms with E-state index in [1.165, 1.54) is 17.8 Å². The smallest absolute Gasteiger partial charge is 0.236 e. The Bertz CT molecular complexity index is 1120. The van der Waals surface area contributed by atoms with E-state index in [1.54, 1.807) is 18.0 Å². The molecule has 1 amide bonds. The lowest BCUT2D eigenvalue weighted by atomic mass is 10.0. The Hall–Kier alpha value is -3.52. The monoisotopic (exact) mass is 492 g/mol. The molecule has 0 unspecified atom stereocenters. The third-order valence-corrected chi connectivity index (χ3v) is 6.44. The minimum absolute atomic E-state index is 0.00350. The molecular formula is C28H37FN6O. The highest BCUT2D eigenvalue weighted by Gasteiger charge is 2.21. The summed E-state index contributed by atoms with van der Waals surface area (Å²) in [5.41, 5.74) is 9.82. The van der Waals surface area contributed by atoms with Gasteiger partial charge in [-0.2, -0.15) is 0 Å². The molecule has 1 aliphatic rings. The van der Waals surface area contributed by atoms with Crippen molar-refractivity contribution in [1.82, 2.24) is 14.8 Å². The number of amides is 1. The molecule has 1 aliphatic heterocycles. The summed E-state index contributed by atoms with van der Waals surface area (Å²) in [6.45, 7) is 9.99. The van der Waals surface area contributed by atoms with Crippen molar-refractivity contribution in [3.05, 3.63) is 77.0 Å². The molecule has 3 rings (SSSR count). The minimum atomic E-state index is -0.322. The highest BCUT2D eigenvalue weighted by Crippen LogP contribution is 2.22. The van der Waals surface area contributed by atoms with Crippen molar-refractivity contribution in [3.63, 3.8) is 0 Å². The number of nitrogens with zero attached hydrogens (tertiary/aromatic N) is 5. The van der Waals surface area contributed by atoms with Gasteiger partial charge >= 0.3 is 0 Å². The average molecular weight is 493 g/mol. The van der Waals surface area contributed by atoms with Crippen LogP contribution in [0.2, 0.25) is 0 Å². The van der Waals surface area contributed by atoms with Crippen molar-refractivity contribution >= 4 is 23.5 Å². The number of rotatable bonds is 9. The zero-order valence-corrected chi connectivity index (χ0v) is 21.7. The van der Waals surface area contributed by atoms with Crippen LogP contribution in [0.1, 0.15) is 38.3 Å². The standard InChI is InChI=1S/C28H37FN6O/c1-5-21(3)28(35-14-12-34(13-15-35)26-11-10-25(29)19-31-26)32-18-23(6-2)24-9-7-8-22(16-24)20-33(4)27(36)17-30/h6-11,16,18-19H,5,12-15,17,20,30H2,1-4H3/b23-6+,28-21-,32-18-. The summed E-state index contributed by atoms with van der Waals surface area (Å²) >= 11 is 0.